The Bertz CT molecular complexity index is 1590. The normalized spacial score (nSPS) is 19.8. The van der Waals surface area contributed by atoms with Crippen LogP contribution in [0.4, 0.5) is 34.9 Å². The number of pyridine rings is 1. The van der Waals surface area contributed by atoms with Crippen molar-refractivity contribution in [3.8, 4) is 0 Å². The molecule has 3 aromatic rings. The molecular weight excluding hydrogens is 566 g/mol. The third-order valence-corrected chi connectivity index (χ3v) is 8.11. The number of hydrogen-bond donors (Lipinski definition) is 2. The molecule has 5 rings (SSSR count). The average Bonchev–Trinajstić information content (AvgIpc) is 2.96. The Hall–Kier alpha value is -4.26. The van der Waals surface area contributed by atoms with Gasteiger partial charge in [0.2, 0.25) is 11.5 Å². The van der Waals surface area contributed by atoms with E-state index in [-0.39, 0.29) is 23.3 Å². The summed E-state index contributed by atoms with van der Waals surface area (Å²) in [4.78, 5) is 41.9. The quantitative estimate of drug-likeness (QED) is 0.410. The minimum Gasteiger partial charge on any atom is -0.367 e. The molecule has 0 saturated carbocycles. The van der Waals surface area contributed by atoms with Crippen molar-refractivity contribution in [2.24, 2.45) is 0 Å². The van der Waals surface area contributed by atoms with E-state index in [0.29, 0.717) is 55.9 Å². The molecule has 2 aliphatic rings. The molecule has 1 saturated heterocycles. The number of amides is 1. The van der Waals surface area contributed by atoms with Crippen LogP contribution >= 0.6 is 0 Å². The zero-order valence-corrected chi connectivity index (χ0v) is 24.3. The van der Waals surface area contributed by atoms with Gasteiger partial charge < -0.3 is 20.1 Å². The first-order chi connectivity index (χ1) is 20.3. The van der Waals surface area contributed by atoms with Gasteiger partial charge in [-0.3, -0.25) is 14.5 Å². The lowest BCUT2D eigenvalue weighted by atomic mass is 9.97. The summed E-state index contributed by atoms with van der Waals surface area (Å²) in [6.07, 6.45) is 1.58. The summed E-state index contributed by atoms with van der Waals surface area (Å²) in [5.74, 6) is -1.01. The smallest absolute Gasteiger partial charge is 0.367 e. The molecule has 1 unspecified atom stereocenters. The summed E-state index contributed by atoms with van der Waals surface area (Å²) >= 11 is 0. The van der Waals surface area contributed by atoms with Crippen molar-refractivity contribution < 1.29 is 22.4 Å². The molecule has 43 heavy (non-hydrogen) atoms. The minimum atomic E-state index is -4.93. The SMILES string of the molecule is Cc1cnc(N2CC=C(c3cc(NC(=O)c4c[nH]c(=O)cc4C(F)(F)F)c(N4CC(C)N(C)[C@@H](C)C4)cc3F)CC2)nc1. The molecule has 1 amide bonds. The summed E-state index contributed by atoms with van der Waals surface area (Å²) in [6.45, 7) is 7.94. The number of carbonyl (C=O) groups excluding carboxylic acids is 1. The van der Waals surface area contributed by atoms with Crippen molar-refractivity contribution in [3.05, 3.63) is 81.3 Å². The Morgan fingerprint density at radius 1 is 1.07 bits per heavy atom. The number of nitrogens with one attached hydrogen (secondary N) is 2. The van der Waals surface area contributed by atoms with E-state index in [2.05, 4.69) is 25.2 Å². The van der Waals surface area contributed by atoms with E-state index in [1.165, 1.54) is 12.1 Å². The number of rotatable bonds is 5. The standard InChI is InChI=1S/C30H33F4N7O2/c1-17-12-36-29(37-13-17)40-7-5-20(6-8-40)21-9-25(26(11-24(21)31)41-15-18(2)39(4)19(3)16-41)38-28(43)22-14-35-27(42)10-23(22)30(32,33)34/h5,9-14,18-19H,6-8,15-16H2,1-4H3,(H,35,42)(H,38,43)/t18-,19?/m0/s1. The van der Waals surface area contributed by atoms with Gasteiger partial charge in [-0.2, -0.15) is 13.2 Å². The molecule has 2 aliphatic heterocycles. The van der Waals surface area contributed by atoms with Crippen molar-refractivity contribution in [1.29, 1.82) is 0 Å². The number of aromatic nitrogens is 3. The van der Waals surface area contributed by atoms with Crippen LogP contribution in [0.1, 0.15) is 47.3 Å². The lowest BCUT2D eigenvalue weighted by molar-refractivity contribution is -0.138. The zero-order chi connectivity index (χ0) is 31.1. The second-order valence-electron chi connectivity index (χ2n) is 11.2. The number of piperazine rings is 1. The molecule has 1 fully saturated rings. The number of H-pyrrole nitrogens is 1. The molecule has 0 bridgehead atoms. The molecule has 228 valence electrons. The van der Waals surface area contributed by atoms with Crippen molar-refractivity contribution in [1.82, 2.24) is 19.9 Å². The van der Waals surface area contributed by atoms with E-state index in [0.717, 1.165) is 11.8 Å². The Kier molecular flexibility index (Phi) is 8.28. The third kappa shape index (κ3) is 6.41. The highest BCUT2D eigenvalue weighted by Crippen LogP contribution is 2.37. The highest BCUT2D eigenvalue weighted by atomic mass is 19.4. The number of hydrogen-bond acceptors (Lipinski definition) is 7. The summed E-state index contributed by atoms with van der Waals surface area (Å²) in [6, 6.07) is 3.37. The predicted octanol–water partition coefficient (Wildman–Crippen LogP) is 4.71. The number of benzene rings is 1. The van der Waals surface area contributed by atoms with Gasteiger partial charge in [0.1, 0.15) is 5.82 Å². The maximum Gasteiger partial charge on any atom is 0.417 e. The van der Waals surface area contributed by atoms with Crippen LogP contribution in [0.3, 0.4) is 0 Å². The van der Waals surface area contributed by atoms with Gasteiger partial charge in [-0.05, 0) is 57.5 Å². The van der Waals surface area contributed by atoms with Crippen molar-refractivity contribution in [2.45, 2.75) is 45.5 Å². The Morgan fingerprint density at radius 3 is 2.35 bits per heavy atom. The van der Waals surface area contributed by atoms with Crippen molar-refractivity contribution in [3.63, 3.8) is 0 Å². The van der Waals surface area contributed by atoms with Gasteiger partial charge in [-0.25, -0.2) is 14.4 Å². The van der Waals surface area contributed by atoms with Crippen LogP contribution in [0.5, 0.6) is 0 Å². The van der Waals surface area contributed by atoms with Gasteiger partial charge in [0.05, 0.1) is 22.5 Å². The molecule has 2 N–H and O–H groups in total. The molecule has 2 atom stereocenters. The largest absolute Gasteiger partial charge is 0.417 e. The first kappa shape index (κ1) is 30.2. The second kappa shape index (κ2) is 11.8. The van der Waals surface area contributed by atoms with E-state index in [1.54, 1.807) is 12.4 Å². The molecule has 1 aromatic carbocycles. The lowest BCUT2D eigenvalue weighted by Gasteiger charge is -2.44. The van der Waals surface area contributed by atoms with E-state index >= 15 is 4.39 Å². The third-order valence-electron chi connectivity index (χ3n) is 8.11. The fraction of sp³-hybridized carbons (Fsp3) is 0.400. The monoisotopic (exact) mass is 599 g/mol. The van der Waals surface area contributed by atoms with Crippen LogP contribution in [0.25, 0.3) is 5.57 Å². The summed E-state index contributed by atoms with van der Waals surface area (Å²) < 4.78 is 57.0. The topological polar surface area (TPSA) is 97.5 Å². The number of aryl methyl sites for hydroxylation is 1. The number of nitrogens with zero attached hydrogens (tertiary/aromatic N) is 5. The number of carbonyl (C=O) groups is 1. The molecule has 2 aromatic heterocycles. The van der Waals surface area contributed by atoms with Crippen molar-refractivity contribution >= 4 is 28.8 Å². The number of halogens is 4. The number of aromatic amines is 1. The van der Waals surface area contributed by atoms with Crippen LogP contribution in [0, 0.1) is 12.7 Å². The minimum absolute atomic E-state index is 0.0992. The van der Waals surface area contributed by atoms with Gasteiger partial charge in [-0.15, -0.1) is 0 Å². The first-order valence-corrected chi connectivity index (χ1v) is 14.0. The maximum absolute atomic E-state index is 15.8. The van der Waals surface area contributed by atoms with E-state index in [4.69, 9.17) is 0 Å². The van der Waals surface area contributed by atoms with Gasteiger partial charge in [0, 0.05) is 68.5 Å². The maximum atomic E-state index is 15.8. The first-order valence-electron chi connectivity index (χ1n) is 14.0. The molecular formula is C30H33F4N7O2. The number of likely N-dealkylation sites (N-methyl/N-ethyl adjacent to an activating group) is 1. The molecule has 0 aliphatic carbocycles. The van der Waals surface area contributed by atoms with Crippen molar-refractivity contribution in [2.75, 3.05) is 48.3 Å². The van der Waals surface area contributed by atoms with E-state index in [9.17, 15) is 22.8 Å². The van der Waals surface area contributed by atoms with Gasteiger partial charge in [0.25, 0.3) is 5.91 Å². The average molecular weight is 600 g/mol. The highest BCUT2D eigenvalue weighted by molar-refractivity contribution is 6.07. The number of alkyl halides is 3. The summed E-state index contributed by atoms with van der Waals surface area (Å²) in [5.41, 5.74) is -0.660. The molecule has 13 heteroatoms. The zero-order valence-electron chi connectivity index (χ0n) is 24.3. The Balaban J connectivity index is 1.52. The van der Waals surface area contributed by atoms with Crippen LogP contribution in [-0.2, 0) is 6.18 Å². The van der Waals surface area contributed by atoms with Gasteiger partial charge >= 0.3 is 6.18 Å². The second-order valence-corrected chi connectivity index (χ2v) is 11.2. The van der Waals surface area contributed by atoms with Crippen LogP contribution in [-0.4, -0.2) is 71.1 Å². The van der Waals surface area contributed by atoms with E-state index < -0.39 is 34.6 Å². The Labute approximate surface area is 246 Å². The van der Waals surface area contributed by atoms with Gasteiger partial charge in [-0.1, -0.05) is 6.08 Å². The molecule has 0 radical (unpaired) electrons. The molecule has 0 spiro atoms. The summed E-state index contributed by atoms with van der Waals surface area (Å²) in [7, 11) is 1.99. The predicted molar refractivity (Wildman–Crippen MR) is 157 cm³/mol. The van der Waals surface area contributed by atoms with Crippen LogP contribution in [0.2, 0.25) is 0 Å². The van der Waals surface area contributed by atoms with Gasteiger partial charge in [0.15, 0.2) is 0 Å². The fourth-order valence-corrected chi connectivity index (χ4v) is 5.50. The molecule has 9 nitrogen and oxygen atoms in total. The number of anilines is 3. The van der Waals surface area contributed by atoms with E-state index in [1.807, 2.05) is 43.7 Å². The molecule has 4 heterocycles. The van der Waals surface area contributed by atoms with Crippen LogP contribution in [0.15, 0.2) is 47.7 Å². The highest BCUT2D eigenvalue weighted by Gasteiger charge is 2.36. The Morgan fingerprint density at radius 2 is 1.74 bits per heavy atom. The van der Waals surface area contributed by atoms with Crippen LogP contribution < -0.4 is 20.7 Å². The lowest BCUT2D eigenvalue weighted by Crippen LogP contribution is -2.55. The fourth-order valence-electron chi connectivity index (χ4n) is 5.50. The summed E-state index contributed by atoms with van der Waals surface area (Å²) in [5, 5.41) is 2.60.